The second-order valence-corrected chi connectivity index (χ2v) is 7.27. The van der Waals surface area contributed by atoms with Crippen molar-refractivity contribution in [1.29, 1.82) is 0 Å². The average molecular weight is 401 g/mol. The topological polar surface area (TPSA) is 80.2 Å². The van der Waals surface area contributed by atoms with Crippen molar-refractivity contribution in [2.24, 2.45) is 4.99 Å². The normalized spacial score (nSPS) is 18.7. The van der Waals surface area contributed by atoms with Crippen LogP contribution in [-0.2, 0) is 9.59 Å². The third-order valence-corrected chi connectivity index (χ3v) is 5.43. The lowest BCUT2D eigenvalue weighted by Gasteiger charge is -2.15. The van der Waals surface area contributed by atoms with Gasteiger partial charge in [0.05, 0.1) is 5.69 Å². The lowest BCUT2D eigenvalue weighted by Crippen LogP contribution is -2.31. The summed E-state index contributed by atoms with van der Waals surface area (Å²) in [5, 5.41) is 3.01. The molecule has 2 aliphatic rings. The fraction of sp³-hybridized carbons (Fsp3) is 0.211. The molecule has 9 heteroatoms. The number of anilines is 2. The summed E-state index contributed by atoms with van der Waals surface area (Å²) in [6.45, 7) is 0.181. The zero-order valence-corrected chi connectivity index (χ0v) is 15.7. The summed E-state index contributed by atoms with van der Waals surface area (Å²) >= 11 is 1.17. The number of imide groups is 1. The Labute approximate surface area is 164 Å². The molecule has 2 aromatic carbocycles. The molecule has 1 atom stereocenters. The quantitative estimate of drug-likeness (QED) is 0.484. The molecule has 1 saturated heterocycles. The monoisotopic (exact) mass is 401 g/mol. The number of carbonyl (C=O) groups is 2. The van der Waals surface area contributed by atoms with E-state index < -0.39 is 11.1 Å². The summed E-state index contributed by atoms with van der Waals surface area (Å²) in [5.74, 6) is 0.185. The number of hydrogen-bond donors (Lipinski definition) is 1. The Bertz CT molecular complexity index is 964. The molecule has 2 aliphatic heterocycles. The van der Waals surface area contributed by atoms with E-state index in [1.807, 2.05) is 6.07 Å². The zero-order chi connectivity index (χ0) is 19.7. The summed E-state index contributed by atoms with van der Waals surface area (Å²) in [6, 6.07) is 10.6. The van der Waals surface area contributed by atoms with Gasteiger partial charge in [0.15, 0.2) is 16.7 Å². The Morgan fingerprint density at radius 2 is 1.93 bits per heavy atom. The maximum absolute atomic E-state index is 13.1. The van der Waals surface area contributed by atoms with Gasteiger partial charge in [0.2, 0.25) is 18.6 Å². The Morgan fingerprint density at radius 3 is 2.68 bits per heavy atom. The zero-order valence-electron chi connectivity index (χ0n) is 14.8. The number of hydrogen-bond acceptors (Lipinski definition) is 6. The predicted molar refractivity (Wildman–Crippen MR) is 104 cm³/mol. The number of amides is 2. The average Bonchev–Trinajstić information content (AvgIpc) is 3.26. The SMILES string of the molecule is CN=C(Nc1ccc2c(c1)OCO2)S[C@H]1CC(=O)N(c2ccc(F)cc2)C1=O. The molecular formula is C19H16FN3O4S. The highest BCUT2D eigenvalue weighted by molar-refractivity contribution is 8.15. The molecule has 0 saturated carbocycles. The van der Waals surface area contributed by atoms with Crippen LogP contribution in [0.2, 0.25) is 0 Å². The van der Waals surface area contributed by atoms with Crippen LogP contribution in [0.3, 0.4) is 0 Å². The van der Waals surface area contributed by atoms with Gasteiger partial charge in [-0.2, -0.15) is 0 Å². The first-order chi connectivity index (χ1) is 13.5. The highest BCUT2D eigenvalue weighted by Gasteiger charge is 2.40. The second-order valence-electron chi connectivity index (χ2n) is 6.08. The number of fused-ring (bicyclic) bond motifs is 1. The summed E-state index contributed by atoms with van der Waals surface area (Å²) in [4.78, 5) is 30.3. The van der Waals surface area contributed by atoms with Crippen molar-refractivity contribution < 1.29 is 23.5 Å². The number of halogens is 1. The van der Waals surface area contributed by atoms with Gasteiger partial charge in [-0.25, -0.2) is 9.29 Å². The molecular weight excluding hydrogens is 385 g/mol. The van der Waals surface area contributed by atoms with Crippen molar-refractivity contribution in [2.45, 2.75) is 11.7 Å². The number of benzene rings is 2. The minimum Gasteiger partial charge on any atom is -0.454 e. The van der Waals surface area contributed by atoms with Gasteiger partial charge in [0, 0.05) is 25.2 Å². The smallest absolute Gasteiger partial charge is 0.247 e. The van der Waals surface area contributed by atoms with Gasteiger partial charge in [-0.05, 0) is 36.4 Å². The molecule has 2 amide bonds. The highest BCUT2D eigenvalue weighted by Crippen LogP contribution is 2.35. The van der Waals surface area contributed by atoms with E-state index in [0.717, 1.165) is 10.6 Å². The van der Waals surface area contributed by atoms with Gasteiger partial charge in [-0.15, -0.1) is 0 Å². The molecule has 0 aromatic heterocycles. The predicted octanol–water partition coefficient (Wildman–Crippen LogP) is 3.02. The van der Waals surface area contributed by atoms with Gasteiger partial charge < -0.3 is 14.8 Å². The summed E-state index contributed by atoms with van der Waals surface area (Å²) in [6.07, 6.45) is 0.0444. The van der Waals surface area contributed by atoms with E-state index in [9.17, 15) is 14.0 Å². The van der Waals surface area contributed by atoms with Crippen LogP contribution >= 0.6 is 11.8 Å². The third-order valence-electron chi connectivity index (χ3n) is 4.27. The molecule has 2 aromatic rings. The van der Waals surface area contributed by atoms with Gasteiger partial charge >= 0.3 is 0 Å². The molecule has 0 aliphatic carbocycles. The maximum atomic E-state index is 13.1. The summed E-state index contributed by atoms with van der Waals surface area (Å²) in [5.41, 5.74) is 1.09. The number of carbonyl (C=O) groups excluding carboxylic acids is 2. The van der Waals surface area contributed by atoms with E-state index in [1.54, 1.807) is 19.2 Å². The van der Waals surface area contributed by atoms with Crippen LogP contribution < -0.4 is 19.7 Å². The minimum absolute atomic E-state index is 0.0444. The molecule has 1 N–H and O–H groups in total. The standard InChI is InChI=1S/C19H16FN3O4S/c1-21-19(22-12-4-7-14-15(8-12)27-10-26-14)28-16-9-17(24)23(18(16)25)13-5-2-11(20)3-6-13/h2-8,16H,9-10H2,1H3,(H,21,22)/t16-/m0/s1. The van der Waals surface area contributed by atoms with Crippen molar-refractivity contribution in [3.8, 4) is 11.5 Å². The van der Waals surface area contributed by atoms with Crippen LogP contribution in [0.15, 0.2) is 47.5 Å². The van der Waals surface area contributed by atoms with Crippen LogP contribution in [0.4, 0.5) is 15.8 Å². The molecule has 2 heterocycles. The van der Waals surface area contributed by atoms with E-state index in [0.29, 0.717) is 22.4 Å². The van der Waals surface area contributed by atoms with E-state index in [1.165, 1.54) is 36.0 Å². The summed E-state index contributed by atoms with van der Waals surface area (Å²) in [7, 11) is 1.60. The number of ether oxygens (including phenoxy) is 2. The van der Waals surface area contributed by atoms with Crippen molar-refractivity contribution in [2.75, 3.05) is 24.1 Å². The Balaban J connectivity index is 1.46. The lowest BCUT2D eigenvalue weighted by atomic mass is 10.3. The Hall–Kier alpha value is -3.07. The van der Waals surface area contributed by atoms with Crippen molar-refractivity contribution in [1.82, 2.24) is 0 Å². The van der Waals surface area contributed by atoms with Gasteiger partial charge in [0.25, 0.3) is 0 Å². The molecule has 0 spiro atoms. The number of nitrogens with one attached hydrogen (secondary N) is 1. The first-order valence-corrected chi connectivity index (χ1v) is 9.35. The van der Waals surface area contributed by atoms with Crippen molar-refractivity contribution >= 4 is 40.1 Å². The maximum Gasteiger partial charge on any atom is 0.247 e. The first kappa shape index (κ1) is 18.3. The van der Waals surface area contributed by atoms with Crippen molar-refractivity contribution in [3.63, 3.8) is 0 Å². The number of thioether (sulfide) groups is 1. The molecule has 0 radical (unpaired) electrons. The lowest BCUT2D eigenvalue weighted by molar-refractivity contribution is -0.121. The highest BCUT2D eigenvalue weighted by atomic mass is 32.2. The molecule has 144 valence electrons. The van der Waals surface area contributed by atoms with Gasteiger partial charge in [0.1, 0.15) is 11.1 Å². The third kappa shape index (κ3) is 3.53. The first-order valence-electron chi connectivity index (χ1n) is 8.47. The van der Waals surface area contributed by atoms with Crippen LogP contribution in [-0.4, -0.2) is 36.1 Å². The fourth-order valence-electron chi connectivity index (χ4n) is 2.93. The van der Waals surface area contributed by atoms with E-state index in [-0.39, 0.29) is 25.0 Å². The summed E-state index contributed by atoms with van der Waals surface area (Å²) < 4.78 is 23.8. The number of aliphatic imine (C=N–C) groups is 1. The molecule has 4 rings (SSSR count). The molecule has 0 bridgehead atoms. The van der Waals surface area contributed by atoms with Crippen LogP contribution in [0.1, 0.15) is 6.42 Å². The number of rotatable bonds is 3. The second kappa shape index (κ2) is 7.51. The number of nitrogens with zero attached hydrogens (tertiary/aromatic N) is 2. The minimum atomic E-state index is -0.613. The van der Waals surface area contributed by atoms with E-state index in [2.05, 4.69) is 10.3 Å². The molecule has 28 heavy (non-hydrogen) atoms. The van der Waals surface area contributed by atoms with E-state index in [4.69, 9.17) is 9.47 Å². The van der Waals surface area contributed by atoms with Gasteiger partial charge in [-0.3, -0.25) is 14.6 Å². The van der Waals surface area contributed by atoms with E-state index >= 15 is 0 Å². The van der Waals surface area contributed by atoms with Crippen LogP contribution in [0.25, 0.3) is 0 Å². The van der Waals surface area contributed by atoms with Gasteiger partial charge in [-0.1, -0.05) is 11.8 Å². The molecule has 0 unspecified atom stereocenters. The number of amidine groups is 1. The molecule has 1 fully saturated rings. The Kier molecular flexibility index (Phi) is 4.91. The van der Waals surface area contributed by atoms with Crippen molar-refractivity contribution in [3.05, 3.63) is 48.3 Å². The van der Waals surface area contributed by atoms with Crippen LogP contribution in [0.5, 0.6) is 11.5 Å². The Morgan fingerprint density at radius 1 is 1.18 bits per heavy atom. The fourth-order valence-corrected chi connectivity index (χ4v) is 3.91. The molecule has 7 nitrogen and oxygen atoms in total. The van der Waals surface area contributed by atoms with Crippen LogP contribution in [0, 0.1) is 5.82 Å². The largest absolute Gasteiger partial charge is 0.454 e.